The molecule has 0 aromatic heterocycles. The molecule has 4 aliphatic rings. The summed E-state index contributed by atoms with van der Waals surface area (Å²) in [4.78, 5) is 28.9. The predicted molar refractivity (Wildman–Crippen MR) is 81.4 cm³/mol. The predicted octanol–water partition coefficient (Wildman–Crippen LogP) is 2.53. The number of imide groups is 1. The average molecular weight is 296 g/mol. The van der Waals surface area contributed by atoms with E-state index in [9.17, 15) is 9.59 Å². The molecule has 2 aliphatic carbocycles. The second-order valence-corrected chi connectivity index (χ2v) is 7.11. The lowest BCUT2D eigenvalue weighted by atomic mass is 9.92. The van der Waals surface area contributed by atoms with Crippen molar-refractivity contribution in [2.45, 2.75) is 50.1 Å². The third kappa shape index (κ3) is 1.53. The second kappa shape index (κ2) is 4.34. The zero-order chi connectivity index (χ0) is 14.8. The van der Waals surface area contributed by atoms with E-state index in [-0.39, 0.29) is 24.0 Å². The number of hydrogen-bond acceptors (Lipinski definition) is 2. The fourth-order valence-electron chi connectivity index (χ4n) is 4.97. The van der Waals surface area contributed by atoms with Gasteiger partial charge in [-0.05, 0) is 49.1 Å². The van der Waals surface area contributed by atoms with Crippen LogP contribution in [0.1, 0.15) is 42.7 Å². The Bertz CT molecular complexity index is 647. The summed E-state index contributed by atoms with van der Waals surface area (Å²) in [5, 5.41) is 0. The van der Waals surface area contributed by atoms with Crippen LogP contribution in [0.4, 0.5) is 4.79 Å². The van der Waals surface area contributed by atoms with Crippen molar-refractivity contribution in [3.8, 4) is 0 Å². The van der Waals surface area contributed by atoms with Crippen LogP contribution >= 0.6 is 0 Å². The molecule has 1 aromatic carbocycles. The fraction of sp³-hybridized carbons (Fsp3) is 0.556. The molecule has 4 heteroatoms. The lowest BCUT2D eigenvalue weighted by Crippen LogP contribution is -2.39. The van der Waals surface area contributed by atoms with Gasteiger partial charge in [0.1, 0.15) is 6.04 Å². The van der Waals surface area contributed by atoms with Gasteiger partial charge < -0.3 is 4.90 Å². The van der Waals surface area contributed by atoms with Crippen molar-refractivity contribution in [1.82, 2.24) is 9.80 Å². The Morgan fingerprint density at radius 2 is 1.91 bits per heavy atom. The van der Waals surface area contributed by atoms with Gasteiger partial charge in [0.2, 0.25) is 0 Å². The summed E-state index contributed by atoms with van der Waals surface area (Å²) in [6.07, 6.45) is 5.13. The van der Waals surface area contributed by atoms with Gasteiger partial charge in [-0.3, -0.25) is 9.69 Å². The molecule has 0 spiro atoms. The zero-order valence-electron chi connectivity index (χ0n) is 12.6. The molecule has 114 valence electrons. The lowest BCUT2D eigenvalue weighted by molar-refractivity contribution is -0.129. The summed E-state index contributed by atoms with van der Waals surface area (Å²) in [5.41, 5.74) is 2.78. The van der Waals surface area contributed by atoms with Gasteiger partial charge in [0, 0.05) is 12.5 Å². The molecular weight excluding hydrogens is 276 g/mol. The Morgan fingerprint density at radius 3 is 2.77 bits per heavy atom. The highest BCUT2D eigenvalue weighted by molar-refractivity contribution is 6.05. The van der Waals surface area contributed by atoms with Gasteiger partial charge in [0.25, 0.3) is 5.91 Å². The van der Waals surface area contributed by atoms with Crippen LogP contribution < -0.4 is 0 Å². The Balaban J connectivity index is 1.47. The summed E-state index contributed by atoms with van der Waals surface area (Å²) in [6, 6.07) is 8.47. The van der Waals surface area contributed by atoms with E-state index in [0.717, 1.165) is 38.6 Å². The summed E-state index contributed by atoms with van der Waals surface area (Å²) in [5.74, 6) is 0.949. The molecule has 0 bridgehead atoms. The minimum absolute atomic E-state index is 0.0217. The Morgan fingerprint density at radius 1 is 1.05 bits per heavy atom. The van der Waals surface area contributed by atoms with Crippen LogP contribution in [0, 0.1) is 5.92 Å². The Labute approximate surface area is 130 Å². The normalized spacial score (nSPS) is 36.0. The molecule has 0 unspecified atom stereocenters. The topological polar surface area (TPSA) is 40.6 Å². The third-order valence-electron chi connectivity index (χ3n) is 6.06. The van der Waals surface area contributed by atoms with Crippen LogP contribution in [0.5, 0.6) is 0 Å². The Kier molecular flexibility index (Phi) is 2.50. The quantitative estimate of drug-likeness (QED) is 0.747. The van der Waals surface area contributed by atoms with Crippen molar-refractivity contribution in [3.05, 3.63) is 35.4 Å². The van der Waals surface area contributed by atoms with Crippen LogP contribution in [-0.4, -0.2) is 40.4 Å². The maximum Gasteiger partial charge on any atom is 0.327 e. The average Bonchev–Trinajstić information content (AvgIpc) is 3.23. The molecule has 4 nitrogen and oxygen atoms in total. The first kappa shape index (κ1) is 12.7. The van der Waals surface area contributed by atoms with E-state index in [0.29, 0.717) is 11.8 Å². The highest BCUT2D eigenvalue weighted by Crippen LogP contribution is 2.58. The van der Waals surface area contributed by atoms with Crippen molar-refractivity contribution in [2.75, 3.05) is 6.54 Å². The Hall–Kier alpha value is -1.84. The maximum absolute atomic E-state index is 12.8. The smallest absolute Gasteiger partial charge is 0.312 e. The number of amides is 3. The van der Waals surface area contributed by atoms with Crippen LogP contribution in [0.15, 0.2) is 24.3 Å². The summed E-state index contributed by atoms with van der Waals surface area (Å²) in [6.45, 7) is 0.754. The van der Waals surface area contributed by atoms with Gasteiger partial charge >= 0.3 is 6.03 Å². The molecule has 2 heterocycles. The SMILES string of the molecule is O=C1[C@@H]2CCCCN2C(=O)N1[C@@H]1[C@H]2CCc3ccccc3[C@@H]21. The van der Waals surface area contributed by atoms with Crippen LogP contribution in [-0.2, 0) is 11.2 Å². The first-order valence-electron chi connectivity index (χ1n) is 8.49. The molecule has 2 saturated heterocycles. The van der Waals surface area contributed by atoms with Crippen molar-refractivity contribution >= 4 is 11.9 Å². The van der Waals surface area contributed by atoms with Gasteiger partial charge in [-0.1, -0.05) is 24.3 Å². The second-order valence-electron chi connectivity index (χ2n) is 7.11. The lowest BCUT2D eigenvalue weighted by Gasteiger charge is -2.26. The highest BCUT2D eigenvalue weighted by Gasteiger charge is 2.62. The largest absolute Gasteiger partial charge is 0.327 e. The van der Waals surface area contributed by atoms with Crippen molar-refractivity contribution < 1.29 is 9.59 Å². The first-order valence-corrected chi connectivity index (χ1v) is 8.49. The number of aryl methyl sites for hydroxylation is 1. The molecule has 3 fully saturated rings. The first-order chi connectivity index (χ1) is 10.8. The molecule has 1 aromatic rings. The number of benzene rings is 1. The number of urea groups is 1. The van der Waals surface area contributed by atoms with Gasteiger partial charge in [0.15, 0.2) is 0 Å². The molecule has 3 amide bonds. The summed E-state index contributed by atoms with van der Waals surface area (Å²) in [7, 11) is 0. The minimum atomic E-state index is -0.167. The van der Waals surface area contributed by atoms with Crippen LogP contribution in [0.2, 0.25) is 0 Å². The van der Waals surface area contributed by atoms with E-state index < -0.39 is 0 Å². The van der Waals surface area contributed by atoms with E-state index in [1.54, 1.807) is 4.90 Å². The fourth-order valence-corrected chi connectivity index (χ4v) is 4.97. The third-order valence-corrected chi connectivity index (χ3v) is 6.06. The zero-order valence-corrected chi connectivity index (χ0v) is 12.6. The summed E-state index contributed by atoms with van der Waals surface area (Å²) >= 11 is 0. The molecule has 5 rings (SSSR count). The molecule has 1 saturated carbocycles. The number of rotatable bonds is 1. The molecule has 0 radical (unpaired) electrons. The van der Waals surface area contributed by atoms with Crippen LogP contribution in [0.25, 0.3) is 0 Å². The van der Waals surface area contributed by atoms with E-state index in [1.807, 2.05) is 4.90 Å². The number of piperidine rings is 1. The molecule has 2 aliphatic heterocycles. The minimum Gasteiger partial charge on any atom is -0.312 e. The van der Waals surface area contributed by atoms with Crippen molar-refractivity contribution in [2.24, 2.45) is 5.92 Å². The van der Waals surface area contributed by atoms with Gasteiger partial charge in [-0.2, -0.15) is 0 Å². The van der Waals surface area contributed by atoms with E-state index in [2.05, 4.69) is 24.3 Å². The molecule has 4 atom stereocenters. The van der Waals surface area contributed by atoms with Crippen LogP contribution in [0.3, 0.4) is 0 Å². The number of hydrogen-bond donors (Lipinski definition) is 0. The molecular formula is C18H20N2O2. The number of carbonyl (C=O) groups is 2. The monoisotopic (exact) mass is 296 g/mol. The standard InChI is InChI=1S/C18H20N2O2/c21-17-14-7-3-4-10-19(14)18(22)20(17)16-13-9-8-11-5-1-2-6-12(11)15(13)16/h1-2,5-6,13-16H,3-4,7-10H2/t13-,14-,15-,16+/m0/s1. The number of carbonyl (C=O) groups excluding carboxylic acids is 2. The maximum atomic E-state index is 12.8. The molecule has 0 N–H and O–H groups in total. The molecule has 22 heavy (non-hydrogen) atoms. The van der Waals surface area contributed by atoms with Crippen molar-refractivity contribution in [3.63, 3.8) is 0 Å². The van der Waals surface area contributed by atoms with E-state index in [1.165, 1.54) is 11.1 Å². The number of nitrogens with zero attached hydrogens (tertiary/aromatic N) is 2. The highest BCUT2D eigenvalue weighted by atomic mass is 16.2. The van der Waals surface area contributed by atoms with Gasteiger partial charge in [0.05, 0.1) is 6.04 Å². The van der Waals surface area contributed by atoms with E-state index >= 15 is 0 Å². The van der Waals surface area contributed by atoms with Crippen molar-refractivity contribution in [1.29, 1.82) is 0 Å². The summed E-state index contributed by atoms with van der Waals surface area (Å²) < 4.78 is 0. The van der Waals surface area contributed by atoms with Gasteiger partial charge in [-0.25, -0.2) is 4.79 Å². The number of fused-ring (bicyclic) bond motifs is 4. The van der Waals surface area contributed by atoms with Gasteiger partial charge in [-0.15, -0.1) is 0 Å². The van der Waals surface area contributed by atoms with E-state index in [4.69, 9.17) is 0 Å².